The molecule has 33 heavy (non-hydrogen) atoms. The number of nitrogens with one attached hydrogen (secondary N) is 2. The maximum Gasteiger partial charge on any atom is 0.325 e. The third-order valence-electron chi connectivity index (χ3n) is 4.50. The zero-order valence-electron chi connectivity index (χ0n) is 18.5. The van der Waals surface area contributed by atoms with Gasteiger partial charge >= 0.3 is 11.9 Å². The Balaban J connectivity index is 1.85. The van der Waals surface area contributed by atoms with Gasteiger partial charge in [0.25, 0.3) is 0 Å². The largest absolute Gasteiger partial charge is 0.494 e. The van der Waals surface area contributed by atoms with Gasteiger partial charge in [0.05, 0.1) is 20.1 Å². The van der Waals surface area contributed by atoms with E-state index in [-0.39, 0.29) is 39.0 Å². The minimum atomic E-state index is -0.958. The lowest BCUT2D eigenvalue weighted by atomic mass is 10.1. The van der Waals surface area contributed by atoms with Crippen LogP contribution in [0.15, 0.2) is 60.7 Å². The first-order valence-electron chi connectivity index (χ1n) is 10.5. The number of carbonyl (C=O) groups is 4. The van der Waals surface area contributed by atoms with Crippen LogP contribution in [0.2, 0.25) is 0 Å². The van der Waals surface area contributed by atoms with Gasteiger partial charge in [0, 0.05) is 12.8 Å². The molecule has 9 heteroatoms. The van der Waals surface area contributed by atoms with Crippen LogP contribution in [0.4, 0.5) is 0 Å². The summed E-state index contributed by atoms with van der Waals surface area (Å²) in [5.41, 5.74) is 0.825. The van der Waals surface area contributed by atoms with Crippen molar-refractivity contribution in [2.45, 2.75) is 31.9 Å². The average Bonchev–Trinajstić information content (AvgIpc) is 2.85. The zero-order chi connectivity index (χ0) is 23.9. The van der Waals surface area contributed by atoms with E-state index >= 15 is 0 Å². The molecule has 0 saturated heterocycles. The SMILES string of the molecule is COC(=O)CCC(=O)NC(CCOc1ccccc1)C(=O)NCC(=O)OCc1ccccc1. The Bertz CT molecular complexity index is 904. The molecule has 0 bridgehead atoms. The Labute approximate surface area is 192 Å². The number of benzene rings is 2. The molecule has 2 N–H and O–H groups in total. The number of ether oxygens (including phenoxy) is 3. The first-order valence-corrected chi connectivity index (χ1v) is 10.5. The highest BCUT2D eigenvalue weighted by Crippen LogP contribution is 2.09. The first-order chi connectivity index (χ1) is 16.0. The molecule has 0 radical (unpaired) electrons. The maximum atomic E-state index is 12.6. The molecule has 0 aliphatic heterocycles. The molecule has 0 heterocycles. The molecular weight excluding hydrogens is 428 g/mol. The maximum absolute atomic E-state index is 12.6. The molecule has 0 spiro atoms. The molecule has 2 rings (SSSR count). The highest BCUT2D eigenvalue weighted by Gasteiger charge is 2.22. The van der Waals surface area contributed by atoms with Crippen LogP contribution in [-0.4, -0.2) is 50.1 Å². The van der Waals surface area contributed by atoms with E-state index in [2.05, 4.69) is 15.4 Å². The molecular formula is C24H28N2O7. The molecule has 2 aromatic rings. The van der Waals surface area contributed by atoms with Crippen molar-refractivity contribution < 1.29 is 33.4 Å². The quantitative estimate of drug-likeness (QED) is 0.441. The van der Waals surface area contributed by atoms with Gasteiger partial charge in [-0.3, -0.25) is 19.2 Å². The second-order valence-corrected chi connectivity index (χ2v) is 7.01. The molecule has 2 amide bonds. The van der Waals surface area contributed by atoms with Crippen molar-refractivity contribution in [1.82, 2.24) is 10.6 Å². The van der Waals surface area contributed by atoms with Crippen LogP contribution in [0.5, 0.6) is 5.75 Å². The van der Waals surface area contributed by atoms with E-state index in [1.54, 1.807) is 12.1 Å². The van der Waals surface area contributed by atoms with Gasteiger partial charge < -0.3 is 24.8 Å². The van der Waals surface area contributed by atoms with Gasteiger partial charge in [-0.1, -0.05) is 48.5 Å². The third kappa shape index (κ3) is 10.3. The van der Waals surface area contributed by atoms with Gasteiger partial charge in [0.2, 0.25) is 11.8 Å². The van der Waals surface area contributed by atoms with Crippen LogP contribution in [-0.2, 0) is 35.3 Å². The molecule has 176 valence electrons. The highest BCUT2D eigenvalue weighted by atomic mass is 16.5. The van der Waals surface area contributed by atoms with E-state index in [0.717, 1.165) is 5.56 Å². The molecule has 1 unspecified atom stereocenters. The van der Waals surface area contributed by atoms with Gasteiger partial charge in [-0.15, -0.1) is 0 Å². The van der Waals surface area contributed by atoms with Crippen LogP contribution in [0, 0.1) is 0 Å². The van der Waals surface area contributed by atoms with Crippen molar-refractivity contribution in [3.63, 3.8) is 0 Å². The summed E-state index contributed by atoms with van der Waals surface area (Å²) in [6, 6.07) is 17.2. The minimum Gasteiger partial charge on any atom is -0.494 e. The van der Waals surface area contributed by atoms with E-state index in [4.69, 9.17) is 9.47 Å². The summed E-state index contributed by atoms with van der Waals surface area (Å²) in [4.78, 5) is 48.0. The van der Waals surface area contributed by atoms with Crippen molar-refractivity contribution in [2.75, 3.05) is 20.3 Å². The predicted octanol–water partition coefficient (Wildman–Crippen LogP) is 1.75. The number of carbonyl (C=O) groups excluding carboxylic acids is 4. The van der Waals surface area contributed by atoms with E-state index in [1.807, 2.05) is 48.5 Å². The summed E-state index contributed by atoms with van der Waals surface area (Å²) < 4.78 is 15.3. The Morgan fingerprint density at radius 2 is 1.55 bits per heavy atom. The topological polar surface area (TPSA) is 120 Å². The predicted molar refractivity (Wildman–Crippen MR) is 119 cm³/mol. The number of methoxy groups -OCH3 is 1. The second kappa shape index (κ2) is 14.2. The van der Waals surface area contributed by atoms with Gasteiger partial charge in [0.15, 0.2) is 0 Å². The molecule has 0 saturated carbocycles. The van der Waals surface area contributed by atoms with Crippen molar-refractivity contribution in [3.05, 3.63) is 66.2 Å². The smallest absolute Gasteiger partial charge is 0.325 e. The number of amides is 2. The van der Waals surface area contributed by atoms with Crippen LogP contribution in [0.3, 0.4) is 0 Å². The van der Waals surface area contributed by atoms with Crippen molar-refractivity contribution >= 4 is 23.8 Å². The Morgan fingerprint density at radius 1 is 0.879 bits per heavy atom. The molecule has 1 atom stereocenters. The van der Waals surface area contributed by atoms with Crippen LogP contribution < -0.4 is 15.4 Å². The standard InChI is InChI=1S/C24H28N2O7/c1-31-22(28)13-12-21(27)26-20(14-15-32-19-10-6-3-7-11-19)24(30)25-16-23(29)33-17-18-8-4-2-5-9-18/h2-11,20H,12-17H2,1H3,(H,25,30)(H,26,27). The molecule has 0 aliphatic rings. The fourth-order valence-corrected chi connectivity index (χ4v) is 2.74. The molecule has 9 nitrogen and oxygen atoms in total. The van der Waals surface area contributed by atoms with Crippen LogP contribution in [0.1, 0.15) is 24.8 Å². The lowest BCUT2D eigenvalue weighted by Crippen LogP contribution is -2.48. The number of hydrogen-bond acceptors (Lipinski definition) is 7. The highest BCUT2D eigenvalue weighted by molar-refractivity contribution is 5.90. The summed E-state index contributed by atoms with van der Waals surface area (Å²) in [5, 5.41) is 5.05. The van der Waals surface area contributed by atoms with Crippen molar-refractivity contribution in [3.8, 4) is 5.75 Å². The van der Waals surface area contributed by atoms with Crippen LogP contribution in [0.25, 0.3) is 0 Å². The molecule has 2 aromatic carbocycles. The number of esters is 2. The Morgan fingerprint density at radius 3 is 2.21 bits per heavy atom. The number of para-hydroxylation sites is 1. The first kappa shape index (κ1) is 25.4. The monoisotopic (exact) mass is 456 g/mol. The van der Waals surface area contributed by atoms with Crippen LogP contribution >= 0.6 is 0 Å². The van der Waals surface area contributed by atoms with Crippen molar-refractivity contribution in [2.24, 2.45) is 0 Å². The fourth-order valence-electron chi connectivity index (χ4n) is 2.74. The summed E-state index contributed by atoms with van der Waals surface area (Å²) in [6.45, 7) is -0.105. The van der Waals surface area contributed by atoms with Gasteiger partial charge in [-0.05, 0) is 17.7 Å². The summed E-state index contributed by atoms with van der Waals surface area (Å²) in [7, 11) is 1.23. The fraction of sp³-hybridized carbons (Fsp3) is 0.333. The minimum absolute atomic E-state index is 0.0914. The van der Waals surface area contributed by atoms with E-state index in [9.17, 15) is 19.2 Å². The third-order valence-corrected chi connectivity index (χ3v) is 4.50. The Kier molecular flexibility index (Phi) is 10.9. The van der Waals surface area contributed by atoms with E-state index in [0.29, 0.717) is 5.75 Å². The van der Waals surface area contributed by atoms with Crippen molar-refractivity contribution in [1.29, 1.82) is 0 Å². The summed E-state index contributed by atoms with van der Waals surface area (Å²) in [6.07, 6.45) is -0.0815. The number of rotatable bonds is 13. The van der Waals surface area contributed by atoms with E-state index in [1.165, 1.54) is 7.11 Å². The lowest BCUT2D eigenvalue weighted by Gasteiger charge is -2.18. The molecule has 0 aliphatic carbocycles. The van der Waals surface area contributed by atoms with E-state index < -0.39 is 29.8 Å². The Hall–Kier alpha value is -3.88. The number of hydrogen-bond donors (Lipinski definition) is 2. The average molecular weight is 456 g/mol. The second-order valence-electron chi connectivity index (χ2n) is 7.01. The summed E-state index contributed by atoms with van der Waals surface area (Å²) >= 11 is 0. The lowest BCUT2D eigenvalue weighted by molar-refractivity contribution is -0.145. The van der Waals surface area contributed by atoms with Gasteiger partial charge in [0.1, 0.15) is 24.9 Å². The normalized spacial score (nSPS) is 11.1. The van der Waals surface area contributed by atoms with Gasteiger partial charge in [-0.2, -0.15) is 0 Å². The zero-order valence-corrected chi connectivity index (χ0v) is 18.5. The molecule has 0 fully saturated rings. The summed E-state index contributed by atoms with van der Waals surface area (Å²) in [5.74, 6) is -1.57. The molecule has 0 aromatic heterocycles. The van der Waals surface area contributed by atoms with Gasteiger partial charge in [-0.25, -0.2) is 0 Å².